The van der Waals surface area contributed by atoms with Crippen LogP contribution >= 0.6 is 0 Å². The highest BCUT2D eigenvalue weighted by Crippen LogP contribution is 2.46. The summed E-state index contributed by atoms with van der Waals surface area (Å²) in [5.41, 5.74) is 0.335. The Kier molecular flexibility index (Phi) is 13.4. The van der Waals surface area contributed by atoms with Crippen molar-refractivity contribution in [2.24, 2.45) is 11.3 Å². The van der Waals surface area contributed by atoms with Crippen molar-refractivity contribution >= 4 is 22.5 Å². The fourth-order valence-electron chi connectivity index (χ4n) is 6.43. The minimum Gasteiger partial charge on any atom is -0.414 e. The summed E-state index contributed by atoms with van der Waals surface area (Å²) < 4.78 is 50.7. The number of methoxy groups -OCH3 is 2. The standard InChI is InChI=1S/C36H69NO10Si2/c1-22-19-36(41-13,46-24(3)23(22)2)29(38)31(39)37-32-28-27(42-21-43-32)30(40-12)35(10,11)26(45-28)18-25(47-49(16,17)34(7,8)9)20-44-48(14,15)33(4,5)6/h23-30,32,38H,1,18-21H2,2-17H3,(H,37,39)/t23-,24-,25-,26-,27+,28+,29-,30-,32+,36-/m1/s1. The SMILES string of the molecule is C=C1C[C@](OC)([C@H](O)C(=O)N[C@H]2OCO[C@H]3[C@@H]2O[C@H](C[C@H](CO[Si](C)(C)C(C)(C)C)O[Si](C)(C)C(C)(C)C)C(C)(C)[C@@H]3OC)O[C@H](C)[C@@H]1C. The van der Waals surface area contributed by atoms with Crippen molar-refractivity contribution in [1.29, 1.82) is 0 Å². The van der Waals surface area contributed by atoms with Crippen LogP contribution < -0.4 is 5.32 Å². The molecule has 0 aromatic carbocycles. The molecule has 3 saturated heterocycles. The summed E-state index contributed by atoms with van der Waals surface area (Å²) in [6.45, 7) is 35.1. The number of hydrogen-bond donors (Lipinski definition) is 2. The van der Waals surface area contributed by atoms with Gasteiger partial charge in [-0.3, -0.25) is 4.79 Å². The van der Waals surface area contributed by atoms with Crippen LogP contribution in [0.3, 0.4) is 0 Å². The summed E-state index contributed by atoms with van der Waals surface area (Å²) in [6, 6.07) is 0. The molecule has 1 amide bonds. The third-order valence-corrected chi connectivity index (χ3v) is 21.3. The van der Waals surface area contributed by atoms with Crippen LogP contribution in [0.15, 0.2) is 12.2 Å². The average Bonchev–Trinajstić information content (AvgIpc) is 2.97. The summed E-state index contributed by atoms with van der Waals surface area (Å²) >= 11 is 0. The van der Waals surface area contributed by atoms with E-state index in [4.69, 9.17) is 37.3 Å². The second-order valence-electron chi connectivity index (χ2n) is 18.1. The van der Waals surface area contributed by atoms with E-state index >= 15 is 0 Å². The second-order valence-corrected chi connectivity index (χ2v) is 27.6. The number of aliphatic hydroxyl groups is 1. The van der Waals surface area contributed by atoms with E-state index in [1.54, 1.807) is 7.11 Å². The predicted octanol–water partition coefficient (Wildman–Crippen LogP) is 6.12. The van der Waals surface area contributed by atoms with Crippen LogP contribution in [0.2, 0.25) is 36.3 Å². The number of aliphatic hydroxyl groups excluding tert-OH is 1. The van der Waals surface area contributed by atoms with Crippen LogP contribution in [-0.4, -0.2) is 110 Å². The molecule has 0 bridgehead atoms. The van der Waals surface area contributed by atoms with E-state index in [9.17, 15) is 9.90 Å². The fraction of sp³-hybridized carbons (Fsp3) is 0.917. The molecule has 10 atom stereocenters. The van der Waals surface area contributed by atoms with Gasteiger partial charge in [-0.1, -0.05) is 74.5 Å². The van der Waals surface area contributed by atoms with Crippen molar-refractivity contribution in [3.05, 3.63) is 12.2 Å². The molecule has 49 heavy (non-hydrogen) atoms. The number of rotatable bonds is 12. The maximum atomic E-state index is 13.7. The van der Waals surface area contributed by atoms with E-state index in [0.717, 1.165) is 5.57 Å². The summed E-state index contributed by atoms with van der Waals surface area (Å²) in [5, 5.41) is 14.3. The molecule has 0 aromatic heterocycles. The lowest BCUT2D eigenvalue weighted by Crippen LogP contribution is -2.69. The van der Waals surface area contributed by atoms with Gasteiger partial charge < -0.3 is 47.7 Å². The molecule has 0 radical (unpaired) electrons. The Bertz CT molecular complexity index is 1150. The largest absolute Gasteiger partial charge is 0.414 e. The summed E-state index contributed by atoms with van der Waals surface area (Å²) in [7, 11) is -1.20. The summed E-state index contributed by atoms with van der Waals surface area (Å²) in [5.74, 6) is -2.23. The van der Waals surface area contributed by atoms with E-state index in [2.05, 4.69) is 93.5 Å². The predicted molar refractivity (Wildman–Crippen MR) is 195 cm³/mol. The zero-order chi connectivity index (χ0) is 37.5. The van der Waals surface area contributed by atoms with Gasteiger partial charge in [0.1, 0.15) is 19.0 Å². The first-order valence-corrected chi connectivity index (χ1v) is 23.7. The first-order valence-electron chi connectivity index (χ1n) is 17.9. The van der Waals surface area contributed by atoms with Crippen LogP contribution in [0, 0.1) is 11.3 Å². The van der Waals surface area contributed by atoms with Gasteiger partial charge in [0.25, 0.3) is 5.91 Å². The Morgan fingerprint density at radius 2 is 1.61 bits per heavy atom. The molecule has 3 aliphatic rings. The lowest BCUT2D eigenvalue weighted by molar-refractivity contribution is -0.332. The van der Waals surface area contributed by atoms with E-state index in [1.807, 2.05) is 13.8 Å². The molecule has 3 heterocycles. The van der Waals surface area contributed by atoms with Crippen molar-refractivity contribution in [2.45, 2.75) is 173 Å². The summed E-state index contributed by atoms with van der Waals surface area (Å²) in [6.07, 6.45) is -4.45. The Morgan fingerprint density at radius 1 is 1.02 bits per heavy atom. The van der Waals surface area contributed by atoms with Gasteiger partial charge in [0.2, 0.25) is 5.79 Å². The van der Waals surface area contributed by atoms with Crippen molar-refractivity contribution in [3.8, 4) is 0 Å². The Labute approximate surface area is 298 Å². The number of hydrogen-bond acceptors (Lipinski definition) is 10. The van der Waals surface area contributed by atoms with Gasteiger partial charge >= 0.3 is 0 Å². The van der Waals surface area contributed by atoms with Gasteiger partial charge in [0.15, 0.2) is 29.0 Å². The molecule has 286 valence electrons. The molecule has 0 aliphatic carbocycles. The number of amides is 1. The molecular formula is C36H69NO10Si2. The van der Waals surface area contributed by atoms with Crippen LogP contribution in [-0.2, 0) is 42.1 Å². The maximum Gasteiger partial charge on any atom is 0.256 e. The second kappa shape index (κ2) is 15.3. The average molecular weight is 732 g/mol. The topological polar surface area (TPSA) is 123 Å². The number of ether oxygens (including phenoxy) is 6. The van der Waals surface area contributed by atoms with Gasteiger partial charge in [-0.25, -0.2) is 0 Å². The van der Waals surface area contributed by atoms with Crippen molar-refractivity contribution in [1.82, 2.24) is 5.32 Å². The van der Waals surface area contributed by atoms with Gasteiger partial charge in [0.05, 0.1) is 31.0 Å². The zero-order valence-electron chi connectivity index (χ0n) is 33.4. The molecule has 3 aliphatic heterocycles. The molecule has 0 spiro atoms. The Balaban J connectivity index is 1.90. The van der Waals surface area contributed by atoms with Crippen LogP contribution in [0.1, 0.15) is 82.1 Å². The van der Waals surface area contributed by atoms with Crippen LogP contribution in [0.5, 0.6) is 0 Å². The summed E-state index contributed by atoms with van der Waals surface area (Å²) in [4.78, 5) is 13.7. The lowest BCUT2D eigenvalue weighted by atomic mass is 9.72. The highest BCUT2D eigenvalue weighted by atomic mass is 28.4. The molecule has 3 rings (SSSR count). The Hall–Kier alpha value is -0.716. The third kappa shape index (κ3) is 9.09. The Morgan fingerprint density at radius 3 is 2.12 bits per heavy atom. The van der Waals surface area contributed by atoms with Crippen LogP contribution in [0.4, 0.5) is 0 Å². The maximum absolute atomic E-state index is 13.7. The smallest absolute Gasteiger partial charge is 0.256 e. The molecular weight excluding hydrogens is 663 g/mol. The van der Waals surface area contributed by atoms with Gasteiger partial charge in [-0.2, -0.15) is 0 Å². The molecule has 0 saturated carbocycles. The first-order chi connectivity index (χ1) is 22.2. The highest BCUT2D eigenvalue weighted by Gasteiger charge is 2.58. The minimum atomic E-state index is -2.21. The number of carbonyl (C=O) groups excluding carboxylic acids is 1. The lowest BCUT2D eigenvalue weighted by Gasteiger charge is -2.55. The molecule has 0 aromatic rings. The van der Waals surface area contributed by atoms with Crippen LogP contribution in [0.25, 0.3) is 0 Å². The minimum absolute atomic E-state index is 0.00358. The molecule has 2 N–H and O–H groups in total. The first kappa shape index (κ1) is 42.7. The van der Waals surface area contributed by atoms with Crippen molar-refractivity contribution in [3.63, 3.8) is 0 Å². The van der Waals surface area contributed by atoms with Crippen molar-refractivity contribution in [2.75, 3.05) is 27.6 Å². The van der Waals surface area contributed by atoms with E-state index in [-0.39, 0.29) is 47.5 Å². The van der Waals surface area contributed by atoms with E-state index in [1.165, 1.54) is 7.11 Å². The van der Waals surface area contributed by atoms with E-state index in [0.29, 0.717) is 13.0 Å². The van der Waals surface area contributed by atoms with Crippen molar-refractivity contribution < 1.29 is 47.2 Å². The molecule has 11 nitrogen and oxygen atoms in total. The third-order valence-electron chi connectivity index (χ3n) is 12.2. The number of fused-ring (bicyclic) bond motifs is 1. The zero-order valence-corrected chi connectivity index (χ0v) is 35.4. The quantitative estimate of drug-likeness (QED) is 0.179. The normalized spacial score (nSPS) is 34.2. The fourth-order valence-corrected chi connectivity index (χ4v) is 8.82. The number of nitrogens with one attached hydrogen (secondary N) is 1. The molecule has 13 heteroatoms. The van der Waals surface area contributed by atoms with Gasteiger partial charge in [-0.15, -0.1) is 0 Å². The number of carbonyl (C=O) groups is 1. The van der Waals surface area contributed by atoms with Gasteiger partial charge in [-0.05, 0) is 43.2 Å². The van der Waals surface area contributed by atoms with Gasteiger partial charge in [0, 0.05) is 38.4 Å². The molecule has 3 fully saturated rings. The highest BCUT2D eigenvalue weighted by molar-refractivity contribution is 6.74. The monoisotopic (exact) mass is 731 g/mol. The van der Waals surface area contributed by atoms with E-state index < -0.39 is 64.4 Å². The molecule has 0 unspecified atom stereocenters.